The van der Waals surface area contributed by atoms with Crippen molar-refractivity contribution in [2.75, 3.05) is 11.9 Å². The van der Waals surface area contributed by atoms with E-state index in [1.54, 1.807) is 0 Å². The lowest BCUT2D eigenvalue weighted by molar-refractivity contribution is -0.384. The van der Waals surface area contributed by atoms with E-state index in [1.807, 2.05) is 0 Å². The molecule has 0 aliphatic heterocycles. The third kappa shape index (κ3) is 5.68. The summed E-state index contributed by atoms with van der Waals surface area (Å²) in [6.07, 6.45) is 6.29. The van der Waals surface area contributed by atoms with Crippen LogP contribution in [0.15, 0.2) is 18.3 Å². The van der Waals surface area contributed by atoms with Gasteiger partial charge in [-0.25, -0.2) is 4.98 Å². The maximum absolute atomic E-state index is 10.7. The Labute approximate surface area is 114 Å². The summed E-state index contributed by atoms with van der Waals surface area (Å²) in [6, 6.07) is 2.87. The lowest BCUT2D eigenvalue weighted by Gasteiger charge is -2.25. The van der Waals surface area contributed by atoms with Crippen LogP contribution in [0.1, 0.15) is 46.5 Å². The third-order valence-electron chi connectivity index (χ3n) is 3.16. The molecule has 1 rings (SSSR count). The van der Waals surface area contributed by atoms with Gasteiger partial charge in [-0.15, -0.1) is 0 Å². The zero-order valence-electron chi connectivity index (χ0n) is 12.0. The van der Waals surface area contributed by atoms with E-state index in [4.69, 9.17) is 0 Å². The summed E-state index contributed by atoms with van der Waals surface area (Å²) in [4.78, 5) is 14.4. The van der Waals surface area contributed by atoms with E-state index in [1.165, 1.54) is 37.6 Å². The van der Waals surface area contributed by atoms with E-state index in [0.717, 1.165) is 13.0 Å². The third-order valence-corrected chi connectivity index (χ3v) is 3.16. The van der Waals surface area contributed by atoms with Crippen molar-refractivity contribution in [1.29, 1.82) is 0 Å². The molecule has 0 saturated carbocycles. The first-order chi connectivity index (χ1) is 8.94. The van der Waals surface area contributed by atoms with Gasteiger partial charge in [-0.2, -0.15) is 0 Å². The molecule has 0 radical (unpaired) electrons. The summed E-state index contributed by atoms with van der Waals surface area (Å²) in [5.74, 6) is 0.567. The Bertz CT molecular complexity index is 419. The van der Waals surface area contributed by atoms with Crippen molar-refractivity contribution in [2.24, 2.45) is 5.41 Å². The molecule has 0 bridgehead atoms. The molecule has 0 unspecified atom stereocenters. The maximum Gasteiger partial charge on any atom is 0.274 e. The van der Waals surface area contributed by atoms with Gasteiger partial charge >= 0.3 is 0 Å². The number of aromatic nitrogens is 1. The normalized spacial score (nSPS) is 11.3. The summed E-state index contributed by atoms with van der Waals surface area (Å²) < 4.78 is 0. The molecule has 19 heavy (non-hydrogen) atoms. The van der Waals surface area contributed by atoms with Gasteiger partial charge in [-0.1, -0.05) is 40.0 Å². The van der Waals surface area contributed by atoms with Crippen molar-refractivity contribution in [1.82, 2.24) is 4.98 Å². The second kappa shape index (κ2) is 7.07. The van der Waals surface area contributed by atoms with Crippen LogP contribution in [0.3, 0.4) is 0 Å². The van der Waals surface area contributed by atoms with Crippen molar-refractivity contribution in [3.8, 4) is 0 Å². The van der Waals surface area contributed by atoms with Crippen molar-refractivity contribution in [2.45, 2.75) is 46.5 Å². The van der Waals surface area contributed by atoms with Gasteiger partial charge in [0.15, 0.2) is 0 Å². The summed E-state index contributed by atoms with van der Waals surface area (Å²) in [5, 5.41) is 13.9. The molecule has 5 heteroatoms. The highest BCUT2D eigenvalue weighted by molar-refractivity contribution is 5.44. The topological polar surface area (TPSA) is 68.1 Å². The van der Waals surface area contributed by atoms with Crippen LogP contribution in [0.2, 0.25) is 0 Å². The summed E-state index contributed by atoms with van der Waals surface area (Å²) in [6.45, 7) is 7.36. The van der Waals surface area contributed by atoms with Gasteiger partial charge in [-0.05, 0) is 11.8 Å². The van der Waals surface area contributed by atoms with Gasteiger partial charge in [0.25, 0.3) is 5.69 Å². The number of nitrogens with zero attached hydrogens (tertiary/aromatic N) is 2. The van der Waals surface area contributed by atoms with Crippen molar-refractivity contribution in [3.05, 3.63) is 28.4 Å². The number of pyridine rings is 1. The Morgan fingerprint density at radius 1 is 1.42 bits per heavy atom. The standard InChI is InChI=1S/C14H23N3O2/c1-4-5-6-8-14(2,3)11-16-13-10-12(17(18)19)7-9-15-13/h7,9-10H,4-6,8,11H2,1-3H3,(H,15,16). The van der Waals surface area contributed by atoms with Gasteiger partial charge in [0.05, 0.1) is 11.0 Å². The number of rotatable bonds is 8. The van der Waals surface area contributed by atoms with Crippen molar-refractivity contribution >= 4 is 11.5 Å². The molecule has 0 aromatic carbocycles. The van der Waals surface area contributed by atoms with E-state index in [-0.39, 0.29) is 11.1 Å². The molecular weight excluding hydrogens is 242 g/mol. The fraction of sp³-hybridized carbons (Fsp3) is 0.643. The van der Waals surface area contributed by atoms with Crippen LogP contribution in [0.5, 0.6) is 0 Å². The molecular formula is C14H23N3O2. The Kier molecular flexibility index (Phi) is 5.73. The van der Waals surface area contributed by atoms with Gasteiger partial charge in [0.2, 0.25) is 0 Å². The minimum absolute atomic E-state index is 0.0706. The van der Waals surface area contributed by atoms with Gasteiger partial charge in [-0.3, -0.25) is 10.1 Å². The predicted molar refractivity (Wildman–Crippen MR) is 77.3 cm³/mol. The lowest BCUT2D eigenvalue weighted by Crippen LogP contribution is -2.23. The predicted octanol–water partition coefficient (Wildman–Crippen LogP) is 4.01. The Hall–Kier alpha value is -1.65. The SMILES string of the molecule is CCCCCC(C)(C)CNc1cc([N+](=O)[O-])ccn1. The zero-order valence-corrected chi connectivity index (χ0v) is 12.0. The molecule has 0 spiro atoms. The highest BCUT2D eigenvalue weighted by Crippen LogP contribution is 2.24. The monoisotopic (exact) mass is 265 g/mol. The molecule has 1 aromatic rings. The first-order valence-corrected chi connectivity index (χ1v) is 6.79. The first-order valence-electron chi connectivity index (χ1n) is 6.79. The number of hydrogen-bond acceptors (Lipinski definition) is 4. The highest BCUT2D eigenvalue weighted by atomic mass is 16.6. The molecule has 0 atom stereocenters. The first kappa shape index (κ1) is 15.4. The summed E-state index contributed by atoms with van der Waals surface area (Å²) in [5.41, 5.74) is 0.239. The highest BCUT2D eigenvalue weighted by Gasteiger charge is 2.17. The molecule has 0 amide bonds. The minimum Gasteiger partial charge on any atom is -0.369 e. The van der Waals surface area contributed by atoms with Gasteiger partial charge in [0, 0.05) is 18.8 Å². The number of hydrogen-bond donors (Lipinski definition) is 1. The quantitative estimate of drug-likeness (QED) is 0.438. The molecule has 0 aliphatic rings. The van der Waals surface area contributed by atoms with E-state index < -0.39 is 4.92 Å². The molecule has 1 heterocycles. The molecule has 1 aromatic heterocycles. The summed E-state index contributed by atoms with van der Waals surface area (Å²) in [7, 11) is 0. The number of nitro groups is 1. The van der Waals surface area contributed by atoms with Crippen LogP contribution in [-0.4, -0.2) is 16.5 Å². The van der Waals surface area contributed by atoms with E-state index in [9.17, 15) is 10.1 Å². The fourth-order valence-corrected chi connectivity index (χ4v) is 1.90. The Morgan fingerprint density at radius 3 is 2.79 bits per heavy atom. The van der Waals surface area contributed by atoms with Gasteiger partial charge in [0.1, 0.15) is 5.82 Å². The number of anilines is 1. The van der Waals surface area contributed by atoms with Crippen LogP contribution >= 0.6 is 0 Å². The van der Waals surface area contributed by atoms with Crippen LogP contribution in [0, 0.1) is 15.5 Å². The lowest BCUT2D eigenvalue weighted by atomic mass is 9.87. The van der Waals surface area contributed by atoms with Gasteiger partial charge < -0.3 is 5.32 Å². The molecule has 0 aliphatic carbocycles. The van der Waals surface area contributed by atoms with Crippen LogP contribution in [-0.2, 0) is 0 Å². The second-order valence-corrected chi connectivity index (χ2v) is 5.63. The fourth-order valence-electron chi connectivity index (χ4n) is 1.90. The average molecular weight is 265 g/mol. The van der Waals surface area contributed by atoms with Crippen molar-refractivity contribution in [3.63, 3.8) is 0 Å². The van der Waals surface area contributed by atoms with Crippen LogP contribution < -0.4 is 5.32 Å². The largest absolute Gasteiger partial charge is 0.369 e. The van der Waals surface area contributed by atoms with Crippen LogP contribution in [0.25, 0.3) is 0 Å². The van der Waals surface area contributed by atoms with E-state index >= 15 is 0 Å². The molecule has 0 saturated heterocycles. The summed E-state index contributed by atoms with van der Waals surface area (Å²) >= 11 is 0. The molecule has 0 fully saturated rings. The average Bonchev–Trinajstić information content (AvgIpc) is 2.37. The second-order valence-electron chi connectivity index (χ2n) is 5.63. The molecule has 1 N–H and O–H groups in total. The smallest absolute Gasteiger partial charge is 0.274 e. The number of unbranched alkanes of at least 4 members (excludes halogenated alkanes) is 2. The van der Waals surface area contributed by atoms with Crippen LogP contribution in [0.4, 0.5) is 11.5 Å². The van der Waals surface area contributed by atoms with E-state index in [0.29, 0.717) is 5.82 Å². The molecule has 106 valence electrons. The Balaban J connectivity index is 2.51. The van der Waals surface area contributed by atoms with E-state index in [2.05, 4.69) is 31.1 Å². The number of nitrogens with one attached hydrogen (secondary N) is 1. The molecule has 5 nitrogen and oxygen atoms in total. The Morgan fingerprint density at radius 2 is 2.16 bits per heavy atom. The van der Waals surface area contributed by atoms with Crippen molar-refractivity contribution < 1.29 is 4.92 Å². The zero-order chi connectivity index (χ0) is 14.3. The minimum atomic E-state index is -0.404. The maximum atomic E-state index is 10.7.